The fourth-order valence-corrected chi connectivity index (χ4v) is 2.51. The van der Waals surface area contributed by atoms with Gasteiger partial charge in [0.05, 0.1) is 17.3 Å². The van der Waals surface area contributed by atoms with Crippen molar-refractivity contribution in [2.75, 3.05) is 7.05 Å². The van der Waals surface area contributed by atoms with Gasteiger partial charge >= 0.3 is 5.97 Å². The maximum Gasteiger partial charge on any atom is 0.365 e. The lowest BCUT2D eigenvalue weighted by molar-refractivity contribution is 0.0696. The Morgan fingerprint density at radius 2 is 2.30 bits per heavy atom. The monoisotopic (exact) mass is 287 g/mol. The van der Waals surface area contributed by atoms with E-state index in [1.807, 2.05) is 30.1 Å². The summed E-state index contributed by atoms with van der Waals surface area (Å²) >= 11 is 1.13. The summed E-state index contributed by atoms with van der Waals surface area (Å²) in [6.07, 6.45) is 0. The molecule has 5 nitrogen and oxygen atoms in total. The second-order valence-corrected chi connectivity index (χ2v) is 5.29. The third-order valence-electron chi connectivity index (χ3n) is 2.68. The molecule has 20 heavy (non-hydrogen) atoms. The quantitative estimate of drug-likeness (QED) is 0.913. The average Bonchev–Trinajstić information content (AvgIpc) is 2.87. The number of rotatable bonds is 5. The molecule has 0 aliphatic heterocycles. The molecule has 0 radical (unpaired) electrons. The summed E-state index contributed by atoms with van der Waals surface area (Å²) in [4.78, 5) is 16.8. The molecule has 0 saturated heterocycles. The van der Waals surface area contributed by atoms with E-state index in [9.17, 15) is 4.79 Å². The Labute approximate surface area is 120 Å². The number of aromatic nitrogens is 1. The van der Waals surface area contributed by atoms with Crippen LogP contribution in [0.4, 0.5) is 0 Å². The number of hydrogen-bond acceptors (Lipinski definition) is 5. The van der Waals surface area contributed by atoms with Crippen molar-refractivity contribution in [3.8, 4) is 6.07 Å². The average molecular weight is 287 g/mol. The van der Waals surface area contributed by atoms with E-state index in [-0.39, 0.29) is 5.01 Å². The van der Waals surface area contributed by atoms with Crippen LogP contribution in [-0.4, -0.2) is 28.0 Å². The van der Waals surface area contributed by atoms with E-state index in [1.54, 1.807) is 11.4 Å². The molecule has 1 aromatic carbocycles. The van der Waals surface area contributed by atoms with Gasteiger partial charge in [-0.25, -0.2) is 9.78 Å². The molecular weight excluding hydrogens is 274 g/mol. The van der Waals surface area contributed by atoms with Gasteiger partial charge in [-0.2, -0.15) is 5.26 Å². The molecule has 0 atom stereocenters. The van der Waals surface area contributed by atoms with Gasteiger partial charge in [-0.05, 0) is 24.7 Å². The molecule has 0 amide bonds. The van der Waals surface area contributed by atoms with Gasteiger partial charge in [-0.1, -0.05) is 12.1 Å². The van der Waals surface area contributed by atoms with Crippen LogP contribution in [0.15, 0.2) is 29.6 Å². The fourth-order valence-electron chi connectivity index (χ4n) is 1.86. The number of carbonyl (C=O) groups is 1. The molecule has 6 heteroatoms. The highest BCUT2D eigenvalue weighted by atomic mass is 32.1. The summed E-state index contributed by atoms with van der Waals surface area (Å²) in [7, 11) is 1.93. The summed E-state index contributed by atoms with van der Waals surface area (Å²) in [5.74, 6) is -0.995. The van der Waals surface area contributed by atoms with Crippen molar-refractivity contribution < 1.29 is 9.90 Å². The maximum atomic E-state index is 10.8. The molecule has 0 aliphatic carbocycles. The summed E-state index contributed by atoms with van der Waals surface area (Å²) in [6.45, 7) is 1.25. The zero-order valence-electron chi connectivity index (χ0n) is 10.9. The van der Waals surface area contributed by atoms with E-state index < -0.39 is 5.97 Å². The number of nitriles is 1. The van der Waals surface area contributed by atoms with Crippen LogP contribution >= 0.6 is 11.3 Å². The highest BCUT2D eigenvalue weighted by molar-refractivity contribution is 7.11. The number of carboxylic acids is 1. The molecule has 0 aliphatic rings. The Bertz CT molecular complexity index is 660. The molecule has 0 fully saturated rings. The zero-order valence-corrected chi connectivity index (χ0v) is 11.7. The van der Waals surface area contributed by atoms with Crippen LogP contribution < -0.4 is 0 Å². The van der Waals surface area contributed by atoms with Gasteiger partial charge in [0, 0.05) is 18.5 Å². The van der Waals surface area contributed by atoms with Crippen molar-refractivity contribution in [1.29, 1.82) is 5.26 Å². The molecule has 0 bridgehead atoms. The largest absolute Gasteiger partial charge is 0.476 e. The number of aromatic carboxylic acids is 1. The van der Waals surface area contributed by atoms with Gasteiger partial charge in [0.15, 0.2) is 0 Å². The highest BCUT2D eigenvalue weighted by Gasteiger charge is 2.10. The summed E-state index contributed by atoms with van der Waals surface area (Å²) in [6, 6.07) is 9.54. The first-order chi connectivity index (χ1) is 9.58. The normalized spacial score (nSPS) is 10.4. The minimum atomic E-state index is -0.995. The molecule has 0 saturated carbocycles. The van der Waals surface area contributed by atoms with Crippen LogP contribution in [0.3, 0.4) is 0 Å². The molecule has 2 aromatic rings. The number of carboxylic acid groups (broad SMARTS) is 1. The highest BCUT2D eigenvalue weighted by Crippen LogP contribution is 2.13. The smallest absolute Gasteiger partial charge is 0.365 e. The molecular formula is C14H13N3O2S. The maximum absolute atomic E-state index is 10.8. The van der Waals surface area contributed by atoms with Gasteiger partial charge in [0.25, 0.3) is 0 Å². The first-order valence-electron chi connectivity index (χ1n) is 5.94. The van der Waals surface area contributed by atoms with Crippen molar-refractivity contribution in [2.45, 2.75) is 13.1 Å². The summed E-state index contributed by atoms with van der Waals surface area (Å²) in [5.41, 5.74) is 2.42. The van der Waals surface area contributed by atoms with Gasteiger partial charge < -0.3 is 5.11 Å². The van der Waals surface area contributed by atoms with Crippen LogP contribution in [0.5, 0.6) is 0 Å². The van der Waals surface area contributed by atoms with E-state index in [2.05, 4.69) is 11.1 Å². The van der Waals surface area contributed by atoms with E-state index in [0.717, 1.165) is 22.6 Å². The number of hydrogen-bond donors (Lipinski definition) is 1. The van der Waals surface area contributed by atoms with Crippen molar-refractivity contribution in [3.63, 3.8) is 0 Å². The summed E-state index contributed by atoms with van der Waals surface area (Å²) in [5, 5.41) is 19.6. The topological polar surface area (TPSA) is 77.2 Å². The third-order valence-corrected chi connectivity index (χ3v) is 3.55. The minimum absolute atomic E-state index is 0.111. The van der Waals surface area contributed by atoms with Crippen LogP contribution in [0, 0.1) is 11.3 Å². The van der Waals surface area contributed by atoms with Gasteiger partial charge in [0.2, 0.25) is 5.01 Å². The van der Waals surface area contributed by atoms with E-state index in [1.165, 1.54) is 0 Å². The Kier molecular flexibility index (Phi) is 4.45. The standard InChI is InChI=1S/C14H13N3O2S/c1-17(7-11-4-2-3-10(5-11)6-15)8-12-9-20-13(16-12)14(18)19/h2-5,9H,7-8H2,1H3,(H,18,19). The molecule has 102 valence electrons. The number of thiazole rings is 1. The number of benzene rings is 1. The molecule has 1 N–H and O–H groups in total. The third kappa shape index (κ3) is 3.63. The molecule has 1 heterocycles. The van der Waals surface area contributed by atoms with Crippen LogP contribution in [0.2, 0.25) is 0 Å². The summed E-state index contributed by atoms with van der Waals surface area (Å²) < 4.78 is 0. The predicted octanol–water partition coefficient (Wildman–Crippen LogP) is 2.34. The predicted molar refractivity (Wildman–Crippen MR) is 75.4 cm³/mol. The zero-order chi connectivity index (χ0) is 14.5. The molecule has 2 rings (SSSR count). The lowest BCUT2D eigenvalue weighted by Crippen LogP contribution is -2.17. The van der Waals surface area contributed by atoms with Crippen LogP contribution in [0.1, 0.15) is 26.6 Å². The Morgan fingerprint density at radius 1 is 1.50 bits per heavy atom. The van der Waals surface area contributed by atoms with Gasteiger partial charge in [-0.15, -0.1) is 11.3 Å². The first-order valence-corrected chi connectivity index (χ1v) is 6.81. The number of nitrogens with zero attached hydrogens (tertiary/aromatic N) is 3. The van der Waals surface area contributed by atoms with Crippen LogP contribution in [-0.2, 0) is 13.1 Å². The Hall–Kier alpha value is -2.23. The second kappa shape index (κ2) is 6.28. The van der Waals surface area contributed by atoms with E-state index in [0.29, 0.717) is 18.7 Å². The van der Waals surface area contributed by atoms with Crippen molar-refractivity contribution in [1.82, 2.24) is 9.88 Å². The first kappa shape index (κ1) is 14.2. The van der Waals surface area contributed by atoms with Crippen molar-refractivity contribution in [3.05, 3.63) is 51.5 Å². The van der Waals surface area contributed by atoms with Gasteiger partial charge in [0.1, 0.15) is 0 Å². The van der Waals surface area contributed by atoms with Crippen molar-refractivity contribution >= 4 is 17.3 Å². The van der Waals surface area contributed by atoms with E-state index >= 15 is 0 Å². The minimum Gasteiger partial charge on any atom is -0.476 e. The van der Waals surface area contributed by atoms with Crippen LogP contribution in [0.25, 0.3) is 0 Å². The lowest BCUT2D eigenvalue weighted by atomic mass is 10.1. The fraction of sp³-hybridized carbons (Fsp3) is 0.214. The lowest BCUT2D eigenvalue weighted by Gasteiger charge is -2.15. The SMILES string of the molecule is CN(Cc1cccc(C#N)c1)Cc1csc(C(=O)O)n1. The molecule has 0 unspecified atom stereocenters. The Morgan fingerprint density at radius 3 is 2.95 bits per heavy atom. The van der Waals surface area contributed by atoms with Gasteiger partial charge in [-0.3, -0.25) is 4.90 Å². The second-order valence-electron chi connectivity index (χ2n) is 4.43. The van der Waals surface area contributed by atoms with Crippen molar-refractivity contribution in [2.24, 2.45) is 0 Å². The molecule has 1 aromatic heterocycles. The Balaban J connectivity index is 1.99. The van der Waals surface area contributed by atoms with E-state index in [4.69, 9.17) is 10.4 Å². The molecule has 0 spiro atoms.